The maximum absolute atomic E-state index is 7.11. The molecule has 0 fully saturated rings. The number of rotatable bonds is 5. The first-order valence-electron chi connectivity index (χ1n) is 22.6. The third kappa shape index (κ3) is 6.18. The minimum absolute atomic E-state index is 0.000407. The van der Waals surface area contributed by atoms with Gasteiger partial charge >= 0.3 is 0 Å². The van der Waals surface area contributed by atoms with Crippen LogP contribution in [0.15, 0.2) is 209 Å². The third-order valence-corrected chi connectivity index (χ3v) is 14.9. The van der Waals surface area contributed by atoms with E-state index in [1.54, 1.807) is 0 Å². The minimum Gasteiger partial charge on any atom is -0.454 e. The number of furan rings is 1. The fourth-order valence-corrected chi connectivity index (χ4v) is 11.7. The average Bonchev–Trinajstić information content (AvgIpc) is 4.02. The van der Waals surface area contributed by atoms with Crippen LogP contribution in [0.1, 0.15) is 48.6 Å². The molecule has 0 saturated heterocycles. The summed E-state index contributed by atoms with van der Waals surface area (Å²) in [6.07, 6.45) is 5.57. The molecule has 5 heteroatoms. The molecule has 65 heavy (non-hydrogen) atoms. The highest BCUT2D eigenvalue weighted by molar-refractivity contribution is 7.25. The van der Waals surface area contributed by atoms with Crippen molar-refractivity contribution in [2.24, 2.45) is 21.8 Å². The van der Waals surface area contributed by atoms with E-state index in [2.05, 4.69) is 213 Å². The van der Waals surface area contributed by atoms with Gasteiger partial charge in [-0.05, 0) is 76.2 Å². The Morgan fingerprint density at radius 2 is 1.20 bits per heavy atom. The molecule has 11 aromatic rings. The third-order valence-electron chi connectivity index (χ3n) is 13.7. The van der Waals surface area contributed by atoms with E-state index >= 15 is 0 Å². The van der Waals surface area contributed by atoms with E-state index in [0.717, 1.165) is 73.8 Å². The molecular weight excluding hydrogens is 811 g/mol. The van der Waals surface area contributed by atoms with Crippen molar-refractivity contribution < 1.29 is 4.42 Å². The highest BCUT2D eigenvalue weighted by atomic mass is 32.1. The normalized spacial score (nSPS) is 20.2. The molecule has 8 aromatic carbocycles. The number of allylic oxidation sites excluding steroid dienone is 2. The van der Waals surface area contributed by atoms with E-state index < -0.39 is 0 Å². The van der Waals surface area contributed by atoms with Gasteiger partial charge in [0.05, 0.1) is 34.1 Å². The van der Waals surface area contributed by atoms with Crippen LogP contribution in [0, 0.1) is 11.8 Å². The molecule has 1 aliphatic heterocycles. The van der Waals surface area contributed by atoms with Gasteiger partial charge in [-0.3, -0.25) is 0 Å². The van der Waals surface area contributed by atoms with Crippen LogP contribution < -0.4 is 0 Å². The monoisotopic (exact) mass is 853 g/mol. The van der Waals surface area contributed by atoms with Crippen molar-refractivity contribution in [2.75, 3.05) is 0 Å². The van der Waals surface area contributed by atoms with Gasteiger partial charge in [0.25, 0.3) is 0 Å². The maximum atomic E-state index is 7.11. The molecule has 2 aliphatic rings. The fraction of sp³-hybridized carbons (Fsp3) is 0.100. The molecule has 0 radical (unpaired) electrons. The summed E-state index contributed by atoms with van der Waals surface area (Å²) < 4.78 is 12.1. The summed E-state index contributed by atoms with van der Waals surface area (Å²) in [6.45, 7) is 4.64. The number of benzene rings is 8. The second-order valence-corrected chi connectivity index (χ2v) is 18.8. The first kappa shape index (κ1) is 37.9. The Balaban J connectivity index is 1.03. The van der Waals surface area contributed by atoms with Crippen LogP contribution in [-0.4, -0.2) is 16.1 Å². The molecule has 13 rings (SSSR count). The first-order chi connectivity index (χ1) is 32.0. The number of hydrogen-bond donors (Lipinski definition) is 0. The summed E-state index contributed by atoms with van der Waals surface area (Å²) in [6, 6.07) is 65.7. The Bertz CT molecular complexity index is 3840. The van der Waals surface area contributed by atoms with E-state index in [1.165, 1.54) is 52.8 Å². The van der Waals surface area contributed by atoms with E-state index in [-0.39, 0.29) is 17.8 Å². The predicted octanol–water partition coefficient (Wildman–Crippen LogP) is 16.3. The SMILES string of the molecule is CC1C/C=C(c2ccc3c(c2)sc2ccccc23)/N=C(C2c3c(oc4ccccc34)C(n3c4ccccc4c4cc5ccccc5cc43)=CC2C)\N=C/1c1ccc(-c2ccccc2)cc1. The molecule has 0 N–H and O–H groups in total. The van der Waals surface area contributed by atoms with Crippen molar-refractivity contribution in [2.45, 2.75) is 26.2 Å². The van der Waals surface area contributed by atoms with E-state index in [0.29, 0.717) is 0 Å². The van der Waals surface area contributed by atoms with Gasteiger partial charge in [-0.2, -0.15) is 0 Å². The fourth-order valence-electron chi connectivity index (χ4n) is 10.6. The van der Waals surface area contributed by atoms with Gasteiger partial charge in [0.2, 0.25) is 0 Å². The second kappa shape index (κ2) is 15.0. The van der Waals surface area contributed by atoms with Gasteiger partial charge in [-0.15, -0.1) is 11.3 Å². The number of fused-ring (bicyclic) bond motifs is 10. The molecule has 3 unspecified atom stereocenters. The summed E-state index contributed by atoms with van der Waals surface area (Å²) in [5.41, 5.74) is 12.0. The lowest BCUT2D eigenvalue weighted by molar-refractivity contribution is 0.561. The quantitative estimate of drug-likeness (QED) is 0.170. The Hall–Kier alpha value is -7.60. The summed E-state index contributed by atoms with van der Waals surface area (Å²) in [5.74, 6) is 1.59. The number of nitrogens with zero attached hydrogens (tertiary/aromatic N) is 3. The number of aliphatic imine (C=N–C) groups is 2. The van der Waals surface area contributed by atoms with E-state index in [1.807, 2.05) is 11.3 Å². The first-order valence-corrected chi connectivity index (χ1v) is 23.5. The predicted molar refractivity (Wildman–Crippen MR) is 275 cm³/mol. The van der Waals surface area contributed by atoms with Crippen LogP contribution in [0.25, 0.3) is 86.2 Å². The zero-order valence-electron chi connectivity index (χ0n) is 36.1. The lowest BCUT2D eigenvalue weighted by Crippen LogP contribution is -2.26. The number of thiophene rings is 1. The van der Waals surface area contributed by atoms with Crippen molar-refractivity contribution in [3.63, 3.8) is 0 Å². The van der Waals surface area contributed by atoms with Crippen LogP contribution >= 0.6 is 11.3 Å². The molecule has 0 saturated carbocycles. The summed E-state index contributed by atoms with van der Waals surface area (Å²) in [7, 11) is 0. The minimum atomic E-state index is -0.202. The molecule has 310 valence electrons. The topological polar surface area (TPSA) is 42.8 Å². The van der Waals surface area contributed by atoms with Crippen molar-refractivity contribution in [3.05, 3.63) is 217 Å². The molecule has 3 aromatic heterocycles. The molecule has 4 heterocycles. The molecule has 0 amide bonds. The number of hydrogen-bond acceptors (Lipinski definition) is 4. The van der Waals surface area contributed by atoms with Gasteiger partial charge in [0.15, 0.2) is 5.76 Å². The van der Waals surface area contributed by atoms with Crippen LogP contribution in [0.2, 0.25) is 0 Å². The molecule has 0 spiro atoms. The van der Waals surface area contributed by atoms with Gasteiger partial charge < -0.3 is 8.98 Å². The maximum Gasteiger partial charge on any atom is 0.155 e. The lowest BCUT2D eigenvalue weighted by Gasteiger charge is -2.30. The van der Waals surface area contributed by atoms with Gasteiger partial charge in [0.1, 0.15) is 11.4 Å². The largest absolute Gasteiger partial charge is 0.454 e. The Morgan fingerprint density at radius 3 is 2.05 bits per heavy atom. The highest BCUT2D eigenvalue weighted by Crippen LogP contribution is 2.49. The van der Waals surface area contributed by atoms with Gasteiger partial charge in [-0.1, -0.05) is 172 Å². The molecule has 4 nitrogen and oxygen atoms in total. The molecule has 1 aliphatic carbocycles. The van der Waals surface area contributed by atoms with E-state index in [4.69, 9.17) is 14.4 Å². The van der Waals surface area contributed by atoms with Crippen LogP contribution in [0.5, 0.6) is 0 Å². The zero-order chi connectivity index (χ0) is 43.2. The number of para-hydroxylation sites is 2. The van der Waals surface area contributed by atoms with Gasteiger partial charge in [0, 0.05) is 53.4 Å². The summed E-state index contributed by atoms with van der Waals surface area (Å²) >= 11 is 1.84. The van der Waals surface area contributed by atoms with Gasteiger partial charge in [-0.25, -0.2) is 9.98 Å². The number of aromatic nitrogens is 1. The lowest BCUT2D eigenvalue weighted by atomic mass is 9.79. The number of amidine groups is 1. The van der Waals surface area contributed by atoms with Crippen molar-refractivity contribution >= 4 is 98.0 Å². The standard InChI is InChI=1S/C60H43N3OS/c1-36-24-31-49(43-29-30-46-45-19-10-13-23-54(45)65-55(46)35-43)61-60(62-58(36)40-27-25-39(26-28-40)38-14-4-3-5-15-38)56-37(2)32-52(59-57(56)47-20-9-12-22-53(47)64-59)63-50-21-11-8-18-44(50)48-33-41-16-6-7-17-42(41)34-51(48)63/h3-23,25-37,56H,24H2,1-2H3/b49-31+,61-60-,62-58+. The molecule has 0 bridgehead atoms. The average molecular weight is 854 g/mol. The molecular formula is C60H43N3OS. The Labute approximate surface area is 380 Å². The summed E-state index contributed by atoms with van der Waals surface area (Å²) in [4.78, 5) is 11.5. The van der Waals surface area contributed by atoms with E-state index in [9.17, 15) is 0 Å². The Kier molecular flexibility index (Phi) is 8.75. The van der Waals surface area contributed by atoms with Crippen LogP contribution in [0.3, 0.4) is 0 Å². The smallest absolute Gasteiger partial charge is 0.155 e. The van der Waals surface area contributed by atoms with Crippen molar-refractivity contribution in [1.82, 2.24) is 4.57 Å². The van der Waals surface area contributed by atoms with Crippen molar-refractivity contribution in [3.8, 4) is 11.1 Å². The second-order valence-electron chi connectivity index (χ2n) is 17.7. The molecule has 3 atom stereocenters. The zero-order valence-corrected chi connectivity index (χ0v) is 36.9. The highest BCUT2D eigenvalue weighted by Gasteiger charge is 2.38. The van der Waals surface area contributed by atoms with Crippen LogP contribution in [-0.2, 0) is 0 Å². The Morgan fingerprint density at radius 1 is 0.538 bits per heavy atom. The van der Waals surface area contributed by atoms with Crippen LogP contribution in [0.4, 0.5) is 0 Å². The van der Waals surface area contributed by atoms with Crippen molar-refractivity contribution in [1.29, 1.82) is 0 Å². The summed E-state index contributed by atoms with van der Waals surface area (Å²) in [5, 5.41) is 8.56.